The maximum absolute atomic E-state index is 9.08. The van der Waals surface area contributed by atoms with E-state index in [1.807, 2.05) is 30.3 Å². The van der Waals surface area contributed by atoms with Crippen LogP contribution in [-0.2, 0) is 0 Å². The Hall–Kier alpha value is -1.57. The topological polar surface area (TPSA) is 65.3 Å². The Morgan fingerprint density at radius 1 is 1.29 bits per heavy atom. The molecule has 0 spiro atoms. The molecule has 0 aliphatic rings. The van der Waals surface area contributed by atoms with Crippen molar-refractivity contribution in [1.29, 1.82) is 5.26 Å². The van der Waals surface area contributed by atoms with Gasteiger partial charge in [-0.2, -0.15) is 5.26 Å². The number of aliphatic hydroxyl groups excluding tert-OH is 1. The molecular formula is C17H26N2O2. The van der Waals surface area contributed by atoms with Crippen LogP contribution in [-0.4, -0.2) is 24.9 Å². The molecule has 2 unspecified atom stereocenters. The van der Waals surface area contributed by atoms with Crippen LogP contribution in [0.25, 0.3) is 0 Å². The minimum atomic E-state index is 0.0764. The highest BCUT2D eigenvalue weighted by atomic mass is 16.5. The van der Waals surface area contributed by atoms with Crippen molar-refractivity contribution in [2.75, 3.05) is 19.8 Å². The fraction of sp³-hybridized carbons (Fsp3) is 0.588. The van der Waals surface area contributed by atoms with Crippen LogP contribution in [0.1, 0.15) is 44.7 Å². The van der Waals surface area contributed by atoms with Gasteiger partial charge in [0.25, 0.3) is 0 Å². The molecule has 1 aromatic carbocycles. The van der Waals surface area contributed by atoms with Crippen molar-refractivity contribution in [1.82, 2.24) is 5.32 Å². The van der Waals surface area contributed by atoms with Gasteiger partial charge in [0.2, 0.25) is 0 Å². The zero-order valence-electron chi connectivity index (χ0n) is 13.0. The zero-order valence-corrected chi connectivity index (χ0v) is 13.0. The van der Waals surface area contributed by atoms with E-state index in [0.29, 0.717) is 5.92 Å². The summed E-state index contributed by atoms with van der Waals surface area (Å²) in [5, 5.41) is 21.1. The van der Waals surface area contributed by atoms with E-state index in [9.17, 15) is 0 Å². The normalized spacial score (nSPS) is 13.4. The summed E-state index contributed by atoms with van der Waals surface area (Å²) in [7, 11) is 0. The summed E-state index contributed by atoms with van der Waals surface area (Å²) in [5.74, 6) is 1.25. The molecule has 4 nitrogen and oxygen atoms in total. The summed E-state index contributed by atoms with van der Waals surface area (Å²) in [6.07, 6.45) is 3.14. The number of nitriles is 1. The number of benzene rings is 1. The second-order valence-electron chi connectivity index (χ2n) is 5.31. The third kappa shape index (κ3) is 6.61. The fourth-order valence-electron chi connectivity index (χ4n) is 2.37. The molecule has 0 amide bonds. The molecule has 116 valence electrons. The Labute approximate surface area is 127 Å². The van der Waals surface area contributed by atoms with Crippen molar-refractivity contribution in [2.45, 2.75) is 39.2 Å². The third-order valence-electron chi connectivity index (χ3n) is 3.63. The van der Waals surface area contributed by atoms with Crippen LogP contribution >= 0.6 is 0 Å². The van der Waals surface area contributed by atoms with Crippen molar-refractivity contribution in [3.63, 3.8) is 0 Å². The van der Waals surface area contributed by atoms with Gasteiger partial charge in [-0.1, -0.05) is 25.5 Å². The van der Waals surface area contributed by atoms with E-state index >= 15 is 0 Å². The quantitative estimate of drug-likeness (QED) is 0.695. The minimum Gasteiger partial charge on any atom is -0.479 e. The van der Waals surface area contributed by atoms with Gasteiger partial charge < -0.3 is 15.2 Å². The Morgan fingerprint density at radius 2 is 2.00 bits per heavy atom. The van der Waals surface area contributed by atoms with Crippen LogP contribution in [0.15, 0.2) is 24.3 Å². The van der Waals surface area contributed by atoms with Gasteiger partial charge in [-0.3, -0.25) is 0 Å². The first-order valence-electron chi connectivity index (χ1n) is 7.65. The average molecular weight is 290 g/mol. The number of aliphatic hydroxyl groups is 1. The SMILES string of the molecule is CCCC(CCO)CNC(C)c1ccc(OCC#N)cc1. The van der Waals surface area contributed by atoms with Crippen LogP contribution in [0.4, 0.5) is 0 Å². The lowest BCUT2D eigenvalue weighted by molar-refractivity contribution is 0.246. The monoisotopic (exact) mass is 290 g/mol. The van der Waals surface area contributed by atoms with Gasteiger partial charge in [-0.25, -0.2) is 0 Å². The number of hydrogen-bond acceptors (Lipinski definition) is 4. The fourth-order valence-corrected chi connectivity index (χ4v) is 2.37. The lowest BCUT2D eigenvalue weighted by Crippen LogP contribution is -2.26. The van der Waals surface area contributed by atoms with Gasteiger partial charge in [-0.15, -0.1) is 0 Å². The first-order chi connectivity index (χ1) is 10.2. The van der Waals surface area contributed by atoms with Gasteiger partial charge in [0.15, 0.2) is 6.61 Å². The van der Waals surface area contributed by atoms with Crippen LogP contribution in [0.3, 0.4) is 0 Å². The summed E-state index contributed by atoms with van der Waals surface area (Å²) in [5.41, 5.74) is 1.19. The van der Waals surface area contributed by atoms with Crippen molar-refractivity contribution >= 4 is 0 Å². The molecule has 0 radical (unpaired) electrons. The Morgan fingerprint density at radius 3 is 2.57 bits per heavy atom. The predicted octanol–water partition coefficient (Wildman–Crippen LogP) is 3.04. The number of nitrogens with one attached hydrogen (secondary N) is 1. The second-order valence-corrected chi connectivity index (χ2v) is 5.31. The first kappa shape index (κ1) is 17.5. The van der Waals surface area contributed by atoms with Crippen LogP contribution in [0.2, 0.25) is 0 Å². The van der Waals surface area contributed by atoms with Crippen LogP contribution < -0.4 is 10.1 Å². The number of ether oxygens (including phenoxy) is 1. The average Bonchev–Trinajstić information content (AvgIpc) is 2.51. The van der Waals surface area contributed by atoms with Crippen molar-refractivity contribution in [3.05, 3.63) is 29.8 Å². The smallest absolute Gasteiger partial charge is 0.174 e. The molecule has 0 aliphatic heterocycles. The standard InChI is InChI=1S/C17H26N2O2/c1-3-4-15(9-11-20)13-19-14(2)16-5-7-17(8-6-16)21-12-10-18/h5-8,14-15,19-20H,3-4,9,11-13H2,1-2H3. The Bertz CT molecular complexity index is 419. The molecule has 2 N–H and O–H groups in total. The summed E-state index contributed by atoms with van der Waals surface area (Å²) >= 11 is 0. The summed E-state index contributed by atoms with van der Waals surface area (Å²) < 4.78 is 5.24. The lowest BCUT2D eigenvalue weighted by atomic mass is 9.99. The van der Waals surface area contributed by atoms with E-state index in [1.54, 1.807) is 0 Å². The largest absolute Gasteiger partial charge is 0.479 e. The molecule has 2 atom stereocenters. The summed E-state index contributed by atoms with van der Waals surface area (Å²) in [6.45, 7) is 5.56. The van der Waals surface area contributed by atoms with Gasteiger partial charge in [-0.05, 0) is 49.9 Å². The highest BCUT2D eigenvalue weighted by Gasteiger charge is 2.10. The van der Waals surface area contributed by atoms with Gasteiger partial charge in [0.05, 0.1) is 0 Å². The molecule has 1 aromatic rings. The second kappa shape index (κ2) is 10.2. The molecule has 4 heteroatoms. The van der Waals surface area contributed by atoms with Crippen LogP contribution in [0, 0.1) is 17.2 Å². The molecule has 0 saturated carbocycles. The predicted molar refractivity (Wildman–Crippen MR) is 84.1 cm³/mol. The molecule has 1 rings (SSSR count). The zero-order chi connectivity index (χ0) is 15.5. The lowest BCUT2D eigenvalue weighted by Gasteiger charge is -2.20. The first-order valence-corrected chi connectivity index (χ1v) is 7.65. The van der Waals surface area contributed by atoms with E-state index in [2.05, 4.69) is 19.2 Å². The summed E-state index contributed by atoms with van der Waals surface area (Å²) in [4.78, 5) is 0. The van der Waals surface area contributed by atoms with E-state index in [4.69, 9.17) is 15.1 Å². The highest BCUT2D eigenvalue weighted by molar-refractivity contribution is 5.29. The molecule has 0 aromatic heterocycles. The molecular weight excluding hydrogens is 264 g/mol. The van der Waals surface area contributed by atoms with Crippen molar-refractivity contribution in [2.24, 2.45) is 5.92 Å². The number of rotatable bonds is 10. The number of nitrogens with zero attached hydrogens (tertiary/aromatic N) is 1. The maximum Gasteiger partial charge on any atom is 0.174 e. The highest BCUT2D eigenvalue weighted by Crippen LogP contribution is 2.18. The van der Waals surface area contributed by atoms with Gasteiger partial charge in [0.1, 0.15) is 11.8 Å². The van der Waals surface area contributed by atoms with Crippen molar-refractivity contribution in [3.8, 4) is 11.8 Å². The van der Waals surface area contributed by atoms with Crippen LogP contribution in [0.5, 0.6) is 5.75 Å². The van der Waals surface area contributed by atoms with E-state index in [1.165, 1.54) is 5.56 Å². The molecule has 0 fully saturated rings. The molecule has 0 bridgehead atoms. The minimum absolute atomic E-state index is 0.0764. The van der Waals surface area contributed by atoms with Gasteiger partial charge in [0, 0.05) is 12.6 Å². The van der Waals surface area contributed by atoms with E-state index in [0.717, 1.165) is 31.6 Å². The van der Waals surface area contributed by atoms with Crippen molar-refractivity contribution < 1.29 is 9.84 Å². The molecule has 21 heavy (non-hydrogen) atoms. The molecule has 0 aliphatic carbocycles. The Kier molecular flexibility index (Phi) is 8.49. The molecule has 0 saturated heterocycles. The van der Waals surface area contributed by atoms with Gasteiger partial charge >= 0.3 is 0 Å². The Balaban J connectivity index is 2.47. The van der Waals surface area contributed by atoms with E-state index in [-0.39, 0.29) is 19.3 Å². The maximum atomic E-state index is 9.08. The third-order valence-corrected chi connectivity index (χ3v) is 3.63. The number of hydrogen-bond donors (Lipinski definition) is 2. The van der Waals surface area contributed by atoms with E-state index < -0.39 is 0 Å². The molecule has 0 heterocycles. The summed E-state index contributed by atoms with van der Waals surface area (Å²) in [6, 6.07) is 10.0.